The van der Waals surface area contributed by atoms with E-state index in [1.807, 2.05) is 24.3 Å². The summed E-state index contributed by atoms with van der Waals surface area (Å²) in [6, 6.07) is 9.80. The number of para-hydroxylation sites is 1. The predicted molar refractivity (Wildman–Crippen MR) is 167 cm³/mol. The zero-order chi connectivity index (χ0) is 32.0. The average Bonchev–Trinajstić information content (AvgIpc) is 3.79. The van der Waals surface area contributed by atoms with E-state index in [4.69, 9.17) is 13.9 Å². The number of carbonyl (C=O) groups is 1. The van der Waals surface area contributed by atoms with Crippen molar-refractivity contribution in [2.45, 2.75) is 77.2 Å². The van der Waals surface area contributed by atoms with Gasteiger partial charge >= 0.3 is 11.7 Å². The third-order valence-electron chi connectivity index (χ3n) is 9.56. The van der Waals surface area contributed by atoms with Gasteiger partial charge in [0.25, 0.3) is 5.56 Å². The van der Waals surface area contributed by atoms with Crippen LogP contribution in [-0.2, 0) is 21.6 Å². The molecule has 11 nitrogen and oxygen atoms in total. The number of hydrogen-bond donors (Lipinski definition) is 1. The lowest BCUT2D eigenvalue weighted by molar-refractivity contribution is -0.146. The Kier molecular flexibility index (Phi) is 8.18. The maximum atomic E-state index is 14.3. The van der Waals surface area contributed by atoms with Crippen LogP contribution in [-0.4, -0.2) is 38.4 Å². The summed E-state index contributed by atoms with van der Waals surface area (Å²) in [6.07, 6.45) is 6.56. The van der Waals surface area contributed by atoms with E-state index < -0.39 is 28.9 Å². The van der Waals surface area contributed by atoms with Gasteiger partial charge in [0.1, 0.15) is 28.5 Å². The number of methoxy groups -OCH3 is 1. The SMILES string of the molecule is COc1ccccc1C(Cn1c(=O)n(C(C)(C)C(=O)O)c(=O)c2c(C)c(-c3ncco3)sc21)OC1CC2CC(CC#N)CC2C1. The lowest BCUT2D eigenvalue weighted by Crippen LogP contribution is -2.52. The molecule has 0 amide bonds. The predicted octanol–water partition coefficient (Wildman–Crippen LogP) is 5.49. The molecule has 2 aliphatic rings. The molecule has 236 valence electrons. The summed E-state index contributed by atoms with van der Waals surface area (Å²) in [4.78, 5) is 45.8. The molecule has 0 aliphatic heterocycles. The topological polar surface area (TPSA) is 150 Å². The van der Waals surface area contributed by atoms with Crippen molar-refractivity contribution < 1.29 is 23.8 Å². The molecule has 3 aromatic heterocycles. The second kappa shape index (κ2) is 11.9. The van der Waals surface area contributed by atoms with Crippen LogP contribution >= 0.6 is 11.3 Å². The first-order valence-electron chi connectivity index (χ1n) is 15.1. The molecule has 12 heteroatoms. The number of nitrogens with zero attached hydrogens (tertiary/aromatic N) is 4. The Labute approximate surface area is 263 Å². The highest BCUT2D eigenvalue weighted by atomic mass is 32.1. The normalized spacial score (nSPS) is 21.9. The summed E-state index contributed by atoms with van der Waals surface area (Å²) < 4.78 is 20.4. The van der Waals surface area contributed by atoms with Crippen molar-refractivity contribution in [2.75, 3.05) is 7.11 Å². The number of rotatable bonds is 10. The van der Waals surface area contributed by atoms with E-state index in [-0.39, 0.29) is 18.0 Å². The molecular weight excluding hydrogens is 596 g/mol. The Bertz CT molecular complexity index is 1880. The van der Waals surface area contributed by atoms with Gasteiger partial charge < -0.3 is 19.0 Å². The van der Waals surface area contributed by atoms with Gasteiger partial charge in [-0.2, -0.15) is 5.26 Å². The number of fused-ring (bicyclic) bond motifs is 2. The van der Waals surface area contributed by atoms with Crippen LogP contribution in [0.3, 0.4) is 0 Å². The highest BCUT2D eigenvalue weighted by Gasteiger charge is 2.43. The Balaban J connectivity index is 1.48. The molecule has 3 atom stereocenters. The first-order valence-corrected chi connectivity index (χ1v) is 15.9. The van der Waals surface area contributed by atoms with Crippen molar-refractivity contribution in [3.63, 3.8) is 0 Å². The number of thiophene rings is 1. The molecule has 1 aromatic carbocycles. The smallest absolute Gasteiger partial charge is 0.333 e. The van der Waals surface area contributed by atoms with Gasteiger partial charge in [-0.1, -0.05) is 18.2 Å². The lowest BCUT2D eigenvalue weighted by Gasteiger charge is -2.27. The minimum Gasteiger partial charge on any atom is -0.496 e. The summed E-state index contributed by atoms with van der Waals surface area (Å²) in [5, 5.41) is 19.5. The molecule has 45 heavy (non-hydrogen) atoms. The van der Waals surface area contributed by atoms with Gasteiger partial charge in [0.2, 0.25) is 5.89 Å². The molecule has 6 rings (SSSR count). The minimum atomic E-state index is -1.83. The molecule has 3 heterocycles. The standard InChI is InChI=1S/C33H36N4O7S/c1-18-26-29(38)37(33(2,3)31(39)40)32(41)36(30(26)45-27(18)28-35-11-12-43-28)17-25(23-7-5-6-8-24(23)42-4)44-22-15-20-13-19(9-10-34)14-21(20)16-22/h5-8,11-12,19-22,25H,9,13-17H2,1-4H3,(H,39,40). The van der Waals surface area contributed by atoms with Gasteiger partial charge in [0.15, 0.2) is 0 Å². The van der Waals surface area contributed by atoms with Crippen LogP contribution in [0.4, 0.5) is 0 Å². The molecular formula is C33H36N4O7S. The number of carboxylic acids is 1. The number of benzene rings is 1. The largest absolute Gasteiger partial charge is 0.496 e. The molecule has 3 unspecified atom stereocenters. The summed E-state index contributed by atoms with van der Waals surface area (Å²) in [5.74, 6) is 1.01. The first-order chi connectivity index (χ1) is 21.5. The van der Waals surface area contributed by atoms with E-state index in [2.05, 4.69) is 11.1 Å². The third-order valence-corrected chi connectivity index (χ3v) is 10.9. The number of aliphatic carboxylic acids is 1. The van der Waals surface area contributed by atoms with Crippen molar-refractivity contribution in [3.8, 4) is 22.6 Å². The molecule has 0 saturated heterocycles. The Morgan fingerprint density at radius 2 is 1.93 bits per heavy atom. The van der Waals surface area contributed by atoms with Crippen molar-refractivity contribution in [1.29, 1.82) is 5.26 Å². The number of nitriles is 1. The van der Waals surface area contributed by atoms with E-state index in [9.17, 15) is 24.8 Å². The van der Waals surface area contributed by atoms with Gasteiger partial charge in [0, 0.05) is 12.0 Å². The van der Waals surface area contributed by atoms with Crippen LogP contribution in [0.2, 0.25) is 0 Å². The molecule has 2 fully saturated rings. The highest BCUT2D eigenvalue weighted by molar-refractivity contribution is 7.22. The maximum Gasteiger partial charge on any atom is 0.333 e. The summed E-state index contributed by atoms with van der Waals surface area (Å²) in [5.41, 5.74) is -1.96. The van der Waals surface area contributed by atoms with Gasteiger partial charge in [0.05, 0.1) is 42.3 Å². The number of oxazole rings is 1. The second-order valence-electron chi connectivity index (χ2n) is 12.7. The van der Waals surface area contributed by atoms with Crippen molar-refractivity contribution in [3.05, 3.63) is 68.7 Å². The second-order valence-corrected chi connectivity index (χ2v) is 13.7. The van der Waals surface area contributed by atoms with Crippen LogP contribution in [0.1, 0.15) is 63.2 Å². The van der Waals surface area contributed by atoms with Gasteiger partial charge in [-0.15, -0.1) is 11.3 Å². The number of carboxylic acid groups (broad SMARTS) is 1. The van der Waals surface area contributed by atoms with Crippen LogP contribution in [0.5, 0.6) is 5.75 Å². The fraction of sp³-hybridized carbons (Fsp3) is 0.485. The van der Waals surface area contributed by atoms with Gasteiger partial charge in [-0.25, -0.2) is 19.1 Å². The fourth-order valence-electron chi connectivity index (χ4n) is 7.27. The van der Waals surface area contributed by atoms with Crippen LogP contribution in [0.15, 0.2) is 50.7 Å². The molecule has 0 bridgehead atoms. The van der Waals surface area contributed by atoms with Crippen LogP contribution < -0.4 is 16.0 Å². The average molecular weight is 633 g/mol. The molecule has 2 aliphatic carbocycles. The monoisotopic (exact) mass is 632 g/mol. The molecule has 0 spiro atoms. The van der Waals surface area contributed by atoms with Crippen LogP contribution in [0.25, 0.3) is 21.0 Å². The van der Waals surface area contributed by atoms with Crippen molar-refractivity contribution in [1.82, 2.24) is 14.1 Å². The Morgan fingerprint density at radius 1 is 1.22 bits per heavy atom. The van der Waals surface area contributed by atoms with Gasteiger partial charge in [-0.3, -0.25) is 9.36 Å². The number of ether oxygens (including phenoxy) is 2. The minimum absolute atomic E-state index is 0.0134. The maximum absolute atomic E-state index is 14.3. The number of hydrogen-bond acceptors (Lipinski definition) is 9. The zero-order valence-corrected chi connectivity index (χ0v) is 26.5. The quantitative estimate of drug-likeness (QED) is 0.239. The Morgan fingerprint density at radius 3 is 2.56 bits per heavy atom. The number of aryl methyl sites for hydroxylation is 1. The van der Waals surface area contributed by atoms with E-state index in [1.165, 1.54) is 42.2 Å². The van der Waals surface area contributed by atoms with E-state index in [1.54, 1.807) is 14.0 Å². The molecule has 2 saturated carbocycles. The summed E-state index contributed by atoms with van der Waals surface area (Å²) >= 11 is 1.21. The molecule has 4 aromatic rings. The zero-order valence-electron chi connectivity index (χ0n) is 25.7. The highest BCUT2D eigenvalue weighted by Crippen LogP contribution is 2.50. The van der Waals surface area contributed by atoms with Gasteiger partial charge in [-0.05, 0) is 75.8 Å². The fourth-order valence-corrected chi connectivity index (χ4v) is 8.52. The van der Waals surface area contributed by atoms with Crippen LogP contribution in [0, 0.1) is 36.0 Å². The molecule has 0 radical (unpaired) electrons. The lowest BCUT2D eigenvalue weighted by atomic mass is 10.00. The molecule has 1 N–H and O–H groups in total. The van der Waals surface area contributed by atoms with Crippen molar-refractivity contribution >= 4 is 27.5 Å². The Hall–Kier alpha value is -4.21. The van der Waals surface area contributed by atoms with E-state index in [0.29, 0.717) is 51.1 Å². The first kappa shape index (κ1) is 30.8. The van der Waals surface area contributed by atoms with Crippen molar-refractivity contribution in [2.24, 2.45) is 17.8 Å². The summed E-state index contributed by atoms with van der Waals surface area (Å²) in [7, 11) is 1.58. The number of aromatic nitrogens is 3. The van der Waals surface area contributed by atoms with E-state index >= 15 is 0 Å². The van der Waals surface area contributed by atoms with E-state index in [0.717, 1.165) is 35.8 Å². The third kappa shape index (κ3) is 5.38. The summed E-state index contributed by atoms with van der Waals surface area (Å²) in [6.45, 7) is 4.45.